The van der Waals surface area contributed by atoms with Crippen LogP contribution in [0.2, 0.25) is 0 Å². The Kier molecular flexibility index (Phi) is 4.74. The molecule has 3 aliphatic rings. The average molecular weight is 351 g/mol. The van der Waals surface area contributed by atoms with Crippen LogP contribution in [0.4, 0.5) is 5.13 Å². The van der Waals surface area contributed by atoms with E-state index in [2.05, 4.69) is 9.88 Å². The lowest BCUT2D eigenvalue weighted by molar-refractivity contribution is -0.138. The second-order valence-corrected chi connectivity index (χ2v) is 8.05. The number of carbonyl (C=O) groups is 1. The highest BCUT2D eigenvalue weighted by molar-refractivity contribution is 7.13. The van der Waals surface area contributed by atoms with Crippen LogP contribution in [0.15, 0.2) is 11.6 Å². The summed E-state index contributed by atoms with van der Waals surface area (Å²) in [4.78, 5) is 21.5. The molecule has 6 nitrogen and oxygen atoms in total. The zero-order chi connectivity index (χ0) is 16.4. The van der Waals surface area contributed by atoms with Crippen LogP contribution in [-0.2, 0) is 14.3 Å². The Morgan fingerprint density at radius 3 is 2.83 bits per heavy atom. The van der Waals surface area contributed by atoms with Crippen LogP contribution in [0, 0.1) is 11.3 Å². The van der Waals surface area contributed by atoms with Crippen molar-refractivity contribution in [2.45, 2.75) is 19.3 Å². The minimum absolute atomic E-state index is 0.0799. The Balaban J connectivity index is 1.40. The van der Waals surface area contributed by atoms with Crippen molar-refractivity contribution < 1.29 is 14.3 Å². The third kappa shape index (κ3) is 3.30. The number of anilines is 1. The normalized spacial score (nSPS) is 27.4. The van der Waals surface area contributed by atoms with Crippen molar-refractivity contribution in [2.75, 3.05) is 57.5 Å². The fourth-order valence-electron chi connectivity index (χ4n) is 4.02. The van der Waals surface area contributed by atoms with E-state index >= 15 is 0 Å². The standard InChI is InChI=1S/C17H25N3O3S/c21-15(14-1-8-22-11-14)19-5-2-17(3-6-19)12-20(7-9-23-13-17)16-18-4-10-24-16/h4,10,14H,1-3,5-9,11-13H2. The monoisotopic (exact) mass is 351 g/mol. The minimum atomic E-state index is 0.0799. The number of hydrogen-bond donors (Lipinski definition) is 0. The smallest absolute Gasteiger partial charge is 0.228 e. The van der Waals surface area contributed by atoms with E-state index in [-0.39, 0.29) is 17.2 Å². The number of rotatable bonds is 2. The number of carbonyl (C=O) groups excluding carboxylic acids is 1. The maximum absolute atomic E-state index is 12.6. The van der Waals surface area contributed by atoms with Crippen LogP contribution in [0.3, 0.4) is 0 Å². The summed E-state index contributed by atoms with van der Waals surface area (Å²) < 4.78 is 11.3. The summed E-state index contributed by atoms with van der Waals surface area (Å²) in [5, 5.41) is 3.11. The number of nitrogens with zero attached hydrogens (tertiary/aromatic N) is 3. The second kappa shape index (κ2) is 6.98. The van der Waals surface area contributed by atoms with Crippen molar-refractivity contribution in [3.8, 4) is 0 Å². The van der Waals surface area contributed by atoms with Gasteiger partial charge < -0.3 is 19.3 Å². The van der Waals surface area contributed by atoms with Gasteiger partial charge in [-0.15, -0.1) is 11.3 Å². The van der Waals surface area contributed by atoms with Crippen molar-refractivity contribution in [2.24, 2.45) is 11.3 Å². The molecule has 0 bridgehead atoms. The Hall–Kier alpha value is -1.18. The first kappa shape index (κ1) is 16.3. The lowest BCUT2D eigenvalue weighted by atomic mass is 9.78. The summed E-state index contributed by atoms with van der Waals surface area (Å²) in [5.41, 5.74) is 0.144. The maximum atomic E-state index is 12.6. The van der Waals surface area contributed by atoms with E-state index in [4.69, 9.17) is 9.47 Å². The SMILES string of the molecule is O=C(C1CCOC1)N1CCC2(CC1)COCCN(c1nccs1)C2. The van der Waals surface area contributed by atoms with Crippen molar-refractivity contribution in [1.82, 2.24) is 9.88 Å². The molecule has 7 heteroatoms. The van der Waals surface area contributed by atoms with E-state index in [9.17, 15) is 4.79 Å². The first-order chi connectivity index (χ1) is 11.8. The average Bonchev–Trinajstić information content (AvgIpc) is 3.29. The van der Waals surface area contributed by atoms with Crippen LogP contribution < -0.4 is 4.90 Å². The molecule has 3 aliphatic heterocycles. The fraction of sp³-hybridized carbons (Fsp3) is 0.765. The molecule has 1 unspecified atom stereocenters. The summed E-state index contributed by atoms with van der Waals surface area (Å²) in [6.07, 6.45) is 4.76. The number of piperidine rings is 1. The van der Waals surface area contributed by atoms with E-state index < -0.39 is 0 Å². The molecule has 1 atom stereocenters. The highest BCUT2D eigenvalue weighted by atomic mass is 32.1. The molecule has 4 rings (SSSR count). The van der Waals surface area contributed by atoms with Gasteiger partial charge in [-0.3, -0.25) is 4.79 Å². The molecule has 0 aromatic carbocycles. The topological polar surface area (TPSA) is 54.9 Å². The zero-order valence-electron chi connectivity index (χ0n) is 14.0. The van der Waals surface area contributed by atoms with Gasteiger partial charge in [-0.25, -0.2) is 4.98 Å². The van der Waals surface area contributed by atoms with Crippen LogP contribution in [0.1, 0.15) is 19.3 Å². The molecule has 1 spiro atoms. The lowest BCUT2D eigenvalue weighted by Crippen LogP contribution is -2.50. The molecule has 4 heterocycles. The summed E-state index contributed by atoms with van der Waals surface area (Å²) >= 11 is 1.69. The van der Waals surface area contributed by atoms with Crippen LogP contribution in [-0.4, -0.2) is 68.4 Å². The fourth-order valence-corrected chi connectivity index (χ4v) is 4.69. The molecule has 0 aliphatic carbocycles. The predicted octanol–water partition coefficient (Wildman–Crippen LogP) is 1.63. The molecule has 3 fully saturated rings. The second-order valence-electron chi connectivity index (χ2n) is 7.17. The zero-order valence-corrected chi connectivity index (χ0v) is 14.8. The summed E-state index contributed by atoms with van der Waals surface area (Å²) in [7, 11) is 0. The van der Waals surface area contributed by atoms with Gasteiger partial charge in [-0.05, 0) is 19.3 Å². The third-order valence-electron chi connectivity index (χ3n) is 5.54. The van der Waals surface area contributed by atoms with Gasteiger partial charge in [0, 0.05) is 49.8 Å². The van der Waals surface area contributed by atoms with Crippen LogP contribution in [0.5, 0.6) is 0 Å². The van der Waals surface area contributed by atoms with Gasteiger partial charge in [0.1, 0.15) is 0 Å². The molecular formula is C17H25N3O3S. The van der Waals surface area contributed by atoms with E-state index in [0.717, 1.165) is 70.4 Å². The highest BCUT2D eigenvalue weighted by Crippen LogP contribution is 2.36. The first-order valence-electron chi connectivity index (χ1n) is 8.85. The molecule has 1 aromatic heterocycles. The number of amides is 1. The molecule has 132 valence electrons. The number of likely N-dealkylation sites (tertiary alicyclic amines) is 1. The van der Waals surface area contributed by atoms with Crippen molar-refractivity contribution in [3.63, 3.8) is 0 Å². The molecule has 0 radical (unpaired) electrons. The van der Waals surface area contributed by atoms with Gasteiger partial charge in [-0.1, -0.05) is 0 Å². The summed E-state index contributed by atoms with van der Waals surface area (Å²) in [6.45, 7) is 6.43. The van der Waals surface area contributed by atoms with Crippen LogP contribution >= 0.6 is 11.3 Å². The van der Waals surface area contributed by atoms with Gasteiger partial charge in [0.15, 0.2) is 5.13 Å². The Labute approximate surface area is 146 Å². The number of ether oxygens (including phenoxy) is 2. The molecule has 1 aromatic rings. The number of hydrogen-bond acceptors (Lipinski definition) is 6. The largest absolute Gasteiger partial charge is 0.381 e. The Morgan fingerprint density at radius 1 is 1.25 bits per heavy atom. The molecule has 24 heavy (non-hydrogen) atoms. The number of aromatic nitrogens is 1. The van der Waals surface area contributed by atoms with Gasteiger partial charge in [0.2, 0.25) is 5.91 Å². The van der Waals surface area contributed by atoms with Crippen LogP contribution in [0.25, 0.3) is 0 Å². The van der Waals surface area contributed by atoms with Crippen molar-refractivity contribution in [3.05, 3.63) is 11.6 Å². The quantitative estimate of drug-likeness (QED) is 0.811. The van der Waals surface area contributed by atoms with Gasteiger partial charge >= 0.3 is 0 Å². The molecular weight excluding hydrogens is 326 g/mol. The maximum Gasteiger partial charge on any atom is 0.228 e. The Bertz CT molecular complexity index is 551. The third-order valence-corrected chi connectivity index (χ3v) is 6.38. The number of thiazole rings is 1. The van der Waals surface area contributed by atoms with E-state index in [1.807, 2.05) is 16.5 Å². The predicted molar refractivity (Wildman–Crippen MR) is 92.3 cm³/mol. The van der Waals surface area contributed by atoms with E-state index in [1.54, 1.807) is 11.3 Å². The summed E-state index contributed by atoms with van der Waals surface area (Å²) in [5.74, 6) is 0.366. The molecule has 3 saturated heterocycles. The van der Waals surface area contributed by atoms with Gasteiger partial charge in [-0.2, -0.15) is 0 Å². The van der Waals surface area contributed by atoms with Gasteiger partial charge in [0.05, 0.1) is 25.7 Å². The highest BCUT2D eigenvalue weighted by Gasteiger charge is 2.40. The molecule has 0 N–H and O–H groups in total. The Morgan fingerprint density at radius 2 is 2.12 bits per heavy atom. The van der Waals surface area contributed by atoms with E-state index in [1.165, 1.54) is 0 Å². The van der Waals surface area contributed by atoms with E-state index in [0.29, 0.717) is 6.61 Å². The van der Waals surface area contributed by atoms with Crippen molar-refractivity contribution in [1.29, 1.82) is 0 Å². The van der Waals surface area contributed by atoms with Gasteiger partial charge in [0.25, 0.3) is 0 Å². The molecule has 1 amide bonds. The molecule has 0 saturated carbocycles. The first-order valence-corrected chi connectivity index (χ1v) is 9.72. The van der Waals surface area contributed by atoms with Crippen molar-refractivity contribution >= 4 is 22.4 Å². The minimum Gasteiger partial charge on any atom is -0.381 e. The lowest BCUT2D eigenvalue weighted by Gasteiger charge is -2.43. The summed E-state index contributed by atoms with van der Waals surface area (Å²) in [6, 6.07) is 0.